The van der Waals surface area contributed by atoms with Crippen LogP contribution in [0.5, 0.6) is 5.75 Å². The Morgan fingerprint density at radius 2 is 1.96 bits per heavy atom. The monoisotopic (exact) mass is 368 g/mol. The van der Waals surface area contributed by atoms with Crippen LogP contribution in [-0.2, 0) is 4.79 Å². The van der Waals surface area contributed by atoms with Crippen LogP contribution in [0.3, 0.4) is 0 Å². The average molecular weight is 369 g/mol. The summed E-state index contributed by atoms with van der Waals surface area (Å²) in [5.41, 5.74) is 2.08. The number of para-hydroxylation sites is 1. The number of hydrogen-bond acceptors (Lipinski definition) is 3. The minimum Gasteiger partial charge on any atom is -0.493 e. The highest BCUT2D eigenvalue weighted by molar-refractivity contribution is 6.34. The van der Waals surface area contributed by atoms with Crippen molar-refractivity contribution in [2.24, 2.45) is 5.92 Å². The summed E-state index contributed by atoms with van der Waals surface area (Å²) in [6, 6.07) is 14.5. The molecule has 0 aliphatic carbocycles. The maximum Gasteiger partial charge on any atom is 0.266 e. The van der Waals surface area contributed by atoms with Gasteiger partial charge in [0, 0.05) is 0 Å². The topological polar surface area (TPSA) is 62.1 Å². The lowest BCUT2D eigenvalue weighted by molar-refractivity contribution is -0.112. The molecule has 0 unspecified atom stereocenters. The summed E-state index contributed by atoms with van der Waals surface area (Å²) < 4.78 is 5.63. The van der Waals surface area contributed by atoms with E-state index in [-0.39, 0.29) is 5.57 Å². The second kappa shape index (κ2) is 9.07. The van der Waals surface area contributed by atoms with Crippen molar-refractivity contribution in [1.29, 1.82) is 5.26 Å². The molecule has 0 saturated carbocycles. The summed E-state index contributed by atoms with van der Waals surface area (Å²) in [6.07, 6.45) is 1.54. The Hall–Kier alpha value is -2.77. The predicted molar refractivity (Wildman–Crippen MR) is 105 cm³/mol. The van der Waals surface area contributed by atoms with Crippen molar-refractivity contribution in [3.05, 3.63) is 64.2 Å². The first-order valence-corrected chi connectivity index (χ1v) is 8.69. The second-order valence-electron chi connectivity index (χ2n) is 6.33. The maximum atomic E-state index is 12.4. The van der Waals surface area contributed by atoms with Gasteiger partial charge in [-0.1, -0.05) is 49.7 Å². The molecule has 2 aromatic carbocycles. The molecule has 2 rings (SSSR count). The zero-order chi connectivity index (χ0) is 19.1. The molecule has 0 radical (unpaired) electrons. The van der Waals surface area contributed by atoms with Crippen molar-refractivity contribution in [1.82, 2.24) is 0 Å². The predicted octanol–water partition coefficient (Wildman–Crippen LogP) is 5.23. The van der Waals surface area contributed by atoms with Crippen LogP contribution in [-0.4, -0.2) is 12.5 Å². The average Bonchev–Trinajstić information content (AvgIpc) is 2.62. The zero-order valence-corrected chi connectivity index (χ0v) is 15.8. The van der Waals surface area contributed by atoms with Gasteiger partial charge in [-0.25, -0.2) is 0 Å². The number of nitriles is 1. The summed E-state index contributed by atoms with van der Waals surface area (Å²) in [6.45, 7) is 6.64. The van der Waals surface area contributed by atoms with Crippen molar-refractivity contribution >= 4 is 29.3 Å². The van der Waals surface area contributed by atoms with E-state index in [1.54, 1.807) is 24.3 Å². The van der Waals surface area contributed by atoms with E-state index in [0.717, 1.165) is 16.9 Å². The Morgan fingerprint density at radius 1 is 1.27 bits per heavy atom. The van der Waals surface area contributed by atoms with E-state index in [1.165, 1.54) is 6.08 Å². The van der Waals surface area contributed by atoms with Crippen LogP contribution in [0.25, 0.3) is 6.08 Å². The van der Waals surface area contributed by atoms with Crippen molar-refractivity contribution in [2.45, 2.75) is 20.8 Å². The number of carbonyl (C=O) groups is 1. The molecule has 2 aromatic rings. The minimum absolute atomic E-state index is 0.000156. The number of benzene rings is 2. The van der Waals surface area contributed by atoms with Gasteiger partial charge in [0.05, 0.1) is 17.3 Å². The van der Waals surface area contributed by atoms with Gasteiger partial charge in [-0.15, -0.1) is 0 Å². The number of nitrogens with one attached hydrogen (secondary N) is 1. The summed E-state index contributed by atoms with van der Waals surface area (Å²) in [5.74, 6) is 0.700. The molecular formula is C21H21ClN2O2. The third-order valence-electron chi connectivity index (χ3n) is 3.60. The minimum atomic E-state index is -0.496. The van der Waals surface area contributed by atoms with Crippen LogP contribution in [0, 0.1) is 24.2 Å². The fourth-order valence-corrected chi connectivity index (χ4v) is 2.48. The molecule has 0 heterocycles. The molecule has 0 aliphatic rings. The van der Waals surface area contributed by atoms with E-state index in [9.17, 15) is 10.1 Å². The fourth-order valence-electron chi connectivity index (χ4n) is 2.21. The van der Waals surface area contributed by atoms with Gasteiger partial charge >= 0.3 is 0 Å². The van der Waals surface area contributed by atoms with Crippen molar-refractivity contribution in [2.75, 3.05) is 11.9 Å². The molecule has 0 spiro atoms. The Balaban J connectivity index is 2.14. The zero-order valence-electron chi connectivity index (χ0n) is 15.0. The summed E-state index contributed by atoms with van der Waals surface area (Å²) in [4.78, 5) is 12.4. The number of rotatable bonds is 6. The summed E-state index contributed by atoms with van der Waals surface area (Å²) >= 11 is 6.12. The van der Waals surface area contributed by atoms with E-state index >= 15 is 0 Å². The largest absolute Gasteiger partial charge is 0.493 e. The van der Waals surface area contributed by atoms with Gasteiger partial charge in [0.25, 0.3) is 5.91 Å². The Kier molecular flexibility index (Phi) is 6.82. The first kappa shape index (κ1) is 19.6. The van der Waals surface area contributed by atoms with Crippen LogP contribution >= 0.6 is 11.6 Å². The van der Waals surface area contributed by atoms with Crippen LogP contribution in [0.1, 0.15) is 25.0 Å². The van der Waals surface area contributed by atoms with Crippen LogP contribution in [0.2, 0.25) is 5.02 Å². The van der Waals surface area contributed by atoms with Crippen LogP contribution in [0.4, 0.5) is 5.69 Å². The molecule has 5 heteroatoms. The normalized spacial score (nSPS) is 11.2. The molecule has 4 nitrogen and oxygen atoms in total. The second-order valence-corrected chi connectivity index (χ2v) is 6.74. The molecule has 1 amide bonds. The highest BCUT2D eigenvalue weighted by atomic mass is 35.5. The fraction of sp³-hybridized carbons (Fsp3) is 0.238. The smallest absolute Gasteiger partial charge is 0.266 e. The number of anilines is 1. The SMILES string of the molecule is Cc1cccc(Cl)c1NC(=O)/C(C#N)=C/c1ccc(OCC(C)C)cc1. The van der Waals surface area contributed by atoms with E-state index < -0.39 is 5.91 Å². The molecule has 26 heavy (non-hydrogen) atoms. The Labute approximate surface area is 159 Å². The van der Waals surface area contributed by atoms with Crippen LogP contribution in [0.15, 0.2) is 48.0 Å². The summed E-state index contributed by atoms with van der Waals surface area (Å²) in [7, 11) is 0. The third kappa shape index (κ3) is 5.37. The first-order chi connectivity index (χ1) is 12.4. The molecule has 0 aliphatic heterocycles. The van der Waals surface area contributed by atoms with E-state index in [0.29, 0.717) is 23.2 Å². The molecule has 0 aromatic heterocycles. The number of ether oxygens (including phenoxy) is 1. The highest BCUT2D eigenvalue weighted by Crippen LogP contribution is 2.26. The number of nitrogens with zero attached hydrogens (tertiary/aromatic N) is 1. The number of hydrogen-bond donors (Lipinski definition) is 1. The Morgan fingerprint density at radius 3 is 2.54 bits per heavy atom. The number of amides is 1. The van der Waals surface area contributed by atoms with Gasteiger partial charge in [-0.2, -0.15) is 5.26 Å². The third-order valence-corrected chi connectivity index (χ3v) is 3.91. The first-order valence-electron chi connectivity index (χ1n) is 8.32. The van der Waals surface area contributed by atoms with E-state index in [2.05, 4.69) is 19.2 Å². The molecule has 0 atom stereocenters. The Bertz CT molecular complexity index is 829. The molecule has 1 N–H and O–H groups in total. The van der Waals surface area contributed by atoms with Gasteiger partial charge in [0.15, 0.2) is 0 Å². The lowest BCUT2D eigenvalue weighted by Gasteiger charge is -2.10. The quantitative estimate of drug-likeness (QED) is 0.561. The lowest BCUT2D eigenvalue weighted by atomic mass is 10.1. The van der Waals surface area contributed by atoms with Crippen molar-refractivity contribution < 1.29 is 9.53 Å². The molecular weight excluding hydrogens is 348 g/mol. The molecule has 134 valence electrons. The number of halogens is 1. The highest BCUT2D eigenvalue weighted by Gasteiger charge is 2.13. The van der Waals surface area contributed by atoms with Gasteiger partial charge in [0.2, 0.25) is 0 Å². The standard InChI is InChI=1S/C21H21ClN2O2/c1-14(2)13-26-18-9-7-16(8-10-18)11-17(12-23)21(25)24-20-15(3)5-4-6-19(20)22/h4-11,14H,13H2,1-3H3,(H,24,25)/b17-11+. The molecule has 0 bridgehead atoms. The van der Waals surface area contributed by atoms with Gasteiger partial charge in [0.1, 0.15) is 17.4 Å². The molecule has 0 saturated heterocycles. The summed E-state index contributed by atoms with van der Waals surface area (Å²) in [5, 5.41) is 12.5. The van der Waals surface area contributed by atoms with Gasteiger partial charge in [-0.05, 0) is 48.2 Å². The molecule has 0 fully saturated rings. The van der Waals surface area contributed by atoms with Crippen molar-refractivity contribution in [3.63, 3.8) is 0 Å². The van der Waals surface area contributed by atoms with Crippen molar-refractivity contribution in [3.8, 4) is 11.8 Å². The van der Waals surface area contributed by atoms with Gasteiger partial charge < -0.3 is 10.1 Å². The number of aryl methyl sites for hydroxylation is 1. The van der Waals surface area contributed by atoms with E-state index in [4.69, 9.17) is 16.3 Å². The van der Waals surface area contributed by atoms with E-state index in [1.807, 2.05) is 31.2 Å². The number of carbonyl (C=O) groups excluding carboxylic acids is 1. The lowest BCUT2D eigenvalue weighted by Crippen LogP contribution is -2.14. The van der Waals surface area contributed by atoms with Crippen LogP contribution < -0.4 is 10.1 Å². The van der Waals surface area contributed by atoms with Gasteiger partial charge in [-0.3, -0.25) is 4.79 Å². The maximum absolute atomic E-state index is 12.4.